The first-order valence-corrected chi connectivity index (χ1v) is 9.17. The quantitative estimate of drug-likeness (QED) is 0.757. The molecule has 134 valence electrons. The number of fused-ring (bicyclic) bond motifs is 1. The van der Waals surface area contributed by atoms with E-state index in [1.54, 1.807) is 0 Å². The maximum absolute atomic E-state index is 12.3. The van der Waals surface area contributed by atoms with E-state index in [0.717, 1.165) is 48.2 Å². The number of ether oxygens (including phenoxy) is 1. The molecule has 25 heavy (non-hydrogen) atoms. The number of hydrogen-bond donors (Lipinski definition) is 2. The SMILES string of the molecule is CC(Nc1ncnc2ccc(Br)cc12)C(=O)NCCN1CCOCC1. The highest BCUT2D eigenvalue weighted by atomic mass is 79.9. The second-order valence-electron chi connectivity index (χ2n) is 5.99. The fourth-order valence-corrected chi connectivity index (χ4v) is 3.09. The van der Waals surface area contributed by atoms with E-state index < -0.39 is 0 Å². The van der Waals surface area contributed by atoms with E-state index >= 15 is 0 Å². The van der Waals surface area contributed by atoms with Crippen LogP contribution in [-0.2, 0) is 9.53 Å². The van der Waals surface area contributed by atoms with Crippen molar-refractivity contribution in [3.63, 3.8) is 0 Å². The summed E-state index contributed by atoms with van der Waals surface area (Å²) in [6, 6.07) is 5.41. The summed E-state index contributed by atoms with van der Waals surface area (Å²) in [5, 5.41) is 7.04. The average molecular weight is 408 g/mol. The second-order valence-corrected chi connectivity index (χ2v) is 6.91. The van der Waals surface area contributed by atoms with E-state index in [0.29, 0.717) is 12.4 Å². The van der Waals surface area contributed by atoms with E-state index in [4.69, 9.17) is 4.74 Å². The number of amides is 1. The highest BCUT2D eigenvalue weighted by Crippen LogP contribution is 2.23. The average Bonchev–Trinajstić information content (AvgIpc) is 2.63. The van der Waals surface area contributed by atoms with Gasteiger partial charge in [-0.15, -0.1) is 0 Å². The van der Waals surface area contributed by atoms with Gasteiger partial charge in [0.05, 0.1) is 18.7 Å². The van der Waals surface area contributed by atoms with Gasteiger partial charge >= 0.3 is 0 Å². The molecule has 0 aliphatic carbocycles. The van der Waals surface area contributed by atoms with Gasteiger partial charge in [-0.25, -0.2) is 9.97 Å². The Labute approximate surface area is 155 Å². The topological polar surface area (TPSA) is 79.4 Å². The molecule has 2 N–H and O–H groups in total. The first-order chi connectivity index (χ1) is 12.1. The standard InChI is InChI=1S/C17H22BrN5O2/c1-12(17(24)19-4-5-23-6-8-25-9-7-23)22-16-14-10-13(18)2-3-15(14)20-11-21-16/h2-3,10-12H,4-9H2,1H3,(H,19,24)(H,20,21,22). The van der Waals surface area contributed by atoms with Gasteiger partial charge in [0, 0.05) is 36.0 Å². The Morgan fingerprint density at radius 2 is 2.16 bits per heavy atom. The van der Waals surface area contributed by atoms with Crippen molar-refractivity contribution in [2.75, 3.05) is 44.7 Å². The number of aromatic nitrogens is 2. The van der Waals surface area contributed by atoms with Crippen LogP contribution in [-0.4, -0.2) is 66.2 Å². The molecule has 2 aromatic rings. The molecule has 0 spiro atoms. The van der Waals surface area contributed by atoms with Crippen molar-refractivity contribution in [1.29, 1.82) is 0 Å². The second kappa shape index (κ2) is 8.55. The Kier molecular flexibility index (Phi) is 6.17. The van der Waals surface area contributed by atoms with Crippen LogP contribution in [0.15, 0.2) is 29.0 Å². The Balaban J connectivity index is 1.55. The molecule has 3 rings (SSSR count). The van der Waals surface area contributed by atoms with Crippen LogP contribution in [0.4, 0.5) is 5.82 Å². The molecule has 0 radical (unpaired) electrons. The molecule has 8 heteroatoms. The lowest BCUT2D eigenvalue weighted by Gasteiger charge is -2.26. The zero-order valence-corrected chi connectivity index (χ0v) is 15.8. The normalized spacial score (nSPS) is 16.6. The molecule has 1 aromatic heterocycles. The summed E-state index contributed by atoms with van der Waals surface area (Å²) in [7, 11) is 0. The minimum absolute atomic E-state index is 0.0463. The van der Waals surface area contributed by atoms with Gasteiger partial charge in [0.2, 0.25) is 5.91 Å². The molecule has 1 fully saturated rings. The molecule has 1 aromatic carbocycles. The minimum atomic E-state index is -0.387. The van der Waals surface area contributed by atoms with Gasteiger partial charge in [-0.1, -0.05) is 15.9 Å². The van der Waals surface area contributed by atoms with Crippen LogP contribution < -0.4 is 10.6 Å². The molecule has 0 saturated carbocycles. The van der Waals surface area contributed by atoms with E-state index in [9.17, 15) is 4.79 Å². The lowest BCUT2D eigenvalue weighted by molar-refractivity contribution is -0.121. The predicted molar refractivity (Wildman–Crippen MR) is 101 cm³/mol. The fourth-order valence-electron chi connectivity index (χ4n) is 2.73. The van der Waals surface area contributed by atoms with Gasteiger partial charge in [-0.3, -0.25) is 9.69 Å². The minimum Gasteiger partial charge on any atom is -0.379 e. The summed E-state index contributed by atoms with van der Waals surface area (Å²) in [6.45, 7) is 6.67. The van der Waals surface area contributed by atoms with Crippen molar-refractivity contribution in [2.24, 2.45) is 0 Å². The molecule has 1 aliphatic rings. The van der Waals surface area contributed by atoms with Crippen molar-refractivity contribution in [3.05, 3.63) is 29.0 Å². The lowest BCUT2D eigenvalue weighted by Crippen LogP contribution is -2.44. The van der Waals surface area contributed by atoms with Crippen LogP contribution in [0.3, 0.4) is 0 Å². The lowest BCUT2D eigenvalue weighted by atomic mass is 10.2. The summed E-state index contributed by atoms with van der Waals surface area (Å²) in [5.74, 6) is 0.608. The summed E-state index contributed by atoms with van der Waals surface area (Å²) < 4.78 is 6.27. The first kappa shape index (κ1) is 18.0. The molecule has 1 unspecified atom stereocenters. The molecule has 1 aliphatic heterocycles. The Bertz CT molecular complexity index is 736. The number of anilines is 1. The van der Waals surface area contributed by atoms with E-state index in [1.807, 2.05) is 25.1 Å². The highest BCUT2D eigenvalue weighted by Gasteiger charge is 2.16. The molecule has 2 heterocycles. The summed E-state index contributed by atoms with van der Waals surface area (Å²) in [4.78, 5) is 23.1. The molecular formula is C17H22BrN5O2. The Morgan fingerprint density at radius 1 is 1.36 bits per heavy atom. The van der Waals surface area contributed by atoms with Crippen molar-refractivity contribution in [1.82, 2.24) is 20.2 Å². The van der Waals surface area contributed by atoms with Crippen molar-refractivity contribution in [2.45, 2.75) is 13.0 Å². The zero-order chi connectivity index (χ0) is 17.6. The number of carbonyl (C=O) groups excluding carboxylic acids is 1. The van der Waals surface area contributed by atoms with Crippen molar-refractivity contribution < 1.29 is 9.53 Å². The highest BCUT2D eigenvalue weighted by molar-refractivity contribution is 9.10. The van der Waals surface area contributed by atoms with Gasteiger partial charge in [-0.05, 0) is 25.1 Å². The van der Waals surface area contributed by atoms with Gasteiger partial charge in [-0.2, -0.15) is 0 Å². The molecular weight excluding hydrogens is 386 g/mol. The number of halogens is 1. The van der Waals surface area contributed by atoms with Gasteiger partial charge in [0.15, 0.2) is 0 Å². The number of carbonyl (C=O) groups is 1. The third kappa shape index (κ3) is 4.87. The smallest absolute Gasteiger partial charge is 0.242 e. The number of morpholine rings is 1. The largest absolute Gasteiger partial charge is 0.379 e. The predicted octanol–water partition coefficient (Wildman–Crippen LogP) is 1.64. The zero-order valence-electron chi connectivity index (χ0n) is 14.2. The van der Waals surface area contributed by atoms with Crippen LogP contribution in [0.25, 0.3) is 10.9 Å². The van der Waals surface area contributed by atoms with Crippen molar-refractivity contribution in [3.8, 4) is 0 Å². The molecule has 1 amide bonds. The fraction of sp³-hybridized carbons (Fsp3) is 0.471. The maximum Gasteiger partial charge on any atom is 0.242 e. The summed E-state index contributed by atoms with van der Waals surface area (Å²) >= 11 is 3.46. The Hall–Kier alpha value is -1.77. The number of nitrogens with one attached hydrogen (secondary N) is 2. The van der Waals surface area contributed by atoms with Crippen LogP contribution in [0.2, 0.25) is 0 Å². The van der Waals surface area contributed by atoms with Crippen LogP contribution in [0.5, 0.6) is 0 Å². The van der Waals surface area contributed by atoms with Crippen LogP contribution in [0.1, 0.15) is 6.92 Å². The van der Waals surface area contributed by atoms with E-state index in [1.165, 1.54) is 6.33 Å². The first-order valence-electron chi connectivity index (χ1n) is 8.38. The van der Waals surface area contributed by atoms with Gasteiger partial charge in [0.1, 0.15) is 18.2 Å². The molecule has 7 nitrogen and oxygen atoms in total. The third-order valence-corrected chi connectivity index (χ3v) is 4.67. The van der Waals surface area contributed by atoms with Crippen molar-refractivity contribution >= 4 is 38.6 Å². The summed E-state index contributed by atoms with van der Waals surface area (Å²) in [6.07, 6.45) is 1.50. The number of benzene rings is 1. The van der Waals surface area contributed by atoms with Crippen LogP contribution >= 0.6 is 15.9 Å². The number of rotatable bonds is 6. The van der Waals surface area contributed by atoms with Gasteiger partial charge < -0.3 is 15.4 Å². The Morgan fingerprint density at radius 3 is 2.96 bits per heavy atom. The van der Waals surface area contributed by atoms with Crippen LogP contribution in [0, 0.1) is 0 Å². The molecule has 1 atom stereocenters. The molecule has 0 bridgehead atoms. The molecule has 1 saturated heterocycles. The third-order valence-electron chi connectivity index (χ3n) is 4.17. The van der Waals surface area contributed by atoms with E-state index in [-0.39, 0.29) is 11.9 Å². The number of hydrogen-bond acceptors (Lipinski definition) is 6. The van der Waals surface area contributed by atoms with Gasteiger partial charge in [0.25, 0.3) is 0 Å². The number of nitrogens with zero attached hydrogens (tertiary/aromatic N) is 3. The van der Waals surface area contributed by atoms with E-state index in [2.05, 4.69) is 41.4 Å². The monoisotopic (exact) mass is 407 g/mol. The summed E-state index contributed by atoms with van der Waals surface area (Å²) in [5.41, 5.74) is 0.834. The maximum atomic E-state index is 12.3.